The summed E-state index contributed by atoms with van der Waals surface area (Å²) in [4.78, 5) is 25.5. The quantitative estimate of drug-likeness (QED) is 0.752. The van der Waals surface area contributed by atoms with Gasteiger partial charge < -0.3 is 20.4 Å². The number of amides is 2. The molecule has 0 aliphatic carbocycles. The van der Waals surface area contributed by atoms with Crippen LogP contribution in [0, 0.1) is 0 Å². The van der Waals surface area contributed by atoms with E-state index in [1.165, 1.54) is 23.6 Å². The Hall–Kier alpha value is -1.73. The minimum atomic E-state index is -0.594. The summed E-state index contributed by atoms with van der Waals surface area (Å²) >= 11 is 1.44. The molecule has 0 saturated carbocycles. The van der Waals surface area contributed by atoms with Gasteiger partial charge >= 0.3 is 0 Å². The molecule has 0 spiro atoms. The monoisotopic (exact) mass is 310 g/mol. The van der Waals surface area contributed by atoms with Crippen LogP contribution >= 0.6 is 11.8 Å². The normalized spacial score (nSPS) is 21.3. The molecule has 0 aromatic heterocycles. The molecule has 0 unspecified atom stereocenters. The number of hydrogen-bond acceptors (Lipinski definition) is 5. The number of thioether (sulfide) groups is 1. The summed E-state index contributed by atoms with van der Waals surface area (Å²) < 4.78 is 0. The molecule has 1 heterocycles. The number of nitrogens with zero attached hydrogens (tertiary/aromatic N) is 1. The molecule has 0 radical (unpaired) electrons. The van der Waals surface area contributed by atoms with Crippen LogP contribution in [-0.4, -0.2) is 51.9 Å². The van der Waals surface area contributed by atoms with E-state index in [4.69, 9.17) is 5.11 Å². The molecule has 1 aliphatic rings. The van der Waals surface area contributed by atoms with Crippen LogP contribution in [0.25, 0.3) is 0 Å². The fourth-order valence-corrected chi connectivity index (χ4v) is 3.84. The Bertz CT molecular complexity index is 537. The highest BCUT2D eigenvalue weighted by Crippen LogP contribution is 2.44. The molecule has 3 N–H and O–H groups in total. The summed E-state index contributed by atoms with van der Waals surface area (Å²) in [7, 11) is 0. The zero-order valence-electron chi connectivity index (χ0n) is 11.7. The summed E-state index contributed by atoms with van der Waals surface area (Å²) in [6.45, 7) is 1.42. The minimum absolute atomic E-state index is 0.109. The molecule has 1 aliphatic heterocycles. The fourth-order valence-electron chi connectivity index (χ4n) is 2.33. The van der Waals surface area contributed by atoms with E-state index in [2.05, 4.69) is 5.32 Å². The zero-order valence-corrected chi connectivity index (χ0v) is 12.5. The summed E-state index contributed by atoms with van der Waals surface area (Å²) in [5, 5.41) is 20.9. The first-order chi connectivity index (χ1) is 10.1. The van der Waals surface area contributed by atoms with E-state index in [0.717, 1.165) is 0 Å². The Morgan fingerprint density at radius 2 is 2.14 bits per heavy atom. The van der Waals surface area contributed by atoms with E-state index in [-0.39, 0.29) is 36.1 Å². The van der Waals surface area contributed by atoms with Gasteiger partial charge in [0.2, 0.25) is 11.8 Å². The van der Waals surface area contributed by atoms with E-state index in [1.54, 1.807) is 24.3 Å². The average molecular weight is 310 g/mol. The number of para-hydroxylation sites is 1. The van der Waals surface area contributed by atoms with Crippen molar-refractivity contribution >= 4 is 23.6 Å². The highest BCUT2D eigenvalue weighted by atomic mass is 32.2. The van der Waals surface area contributed by atoms with Crippen molar-refractivity contribution in [2.45, 2.75) is 18.3 Å². The molecule has 0 bridgehead atoms. The Labute approximate surface area is 127 Å². The van der Waals surface area contributed by atoms with Crippen LogP contribution in [0.15, 0.2) is 24.3 Å². The molecule has 1 aromatic rings. The first kappa shape index (κ1) is 15.7. The van der Waals surface area contributed by atoms with Crippen LogP contribution in [0.3, 0.4) is 0 Å². The smallest absolute Gasteiger partial charge is 0.243 e. The molecule has 1 fully saturated rings. The lowest BCUT2D eigenvalue weighted by Gasteiger charge is -2.28. The van der Waals surface area contributed by atoms with Crippen molar-refractivity contribution < 1.29 is 19.8 Å². The number of carbonyl (C=O) groups excluding carboxylic acids is 2. The van der Waals surface area contributed by atoms with Crippen molar-refractivity contribution in [3.8, 4) is 5.75 Å². The summed E-state index contributed by atoms with van der Waals surface area (Å²) in [5.74, 6) is 0.0512. The van der Waals surface area contributed by atoms with Gasteiger partial charge in [0.1, 0.15) is 17.2 Å². The number of aromatic hydroxyl groups is 1. The highest BCUT2D eigenvalue weighted by Gasteiger charge is 2.41. The molecular weight excluding hydrogens is 292 g/mol. The molecule has 6 nitrogen and oxygen atoms in total. The molecule has 114 valence electrons. The van der Waals surface area contributed by atoms with E-state index >= 15 is 0 Å². The average Bonchev–Trinajstić information content (AvgIpc) is 2.90. The Morgan fingerprint density at radius 3 is 2.76 bits per heavy atom. The van der Waals surface area contributed by atoms with Crippen LogP contribution < -0.4 is 5.32 Å². The number of benzene rings is 1. The van der Waals surface area contributed by atoms with Gasteiger partial charge in [0.05, 0.1) is 6.61 Å². The number of nitrogens with one attached hydrogen (secondary N) is 1. The molecule has 1 saturated heterocycles. The van der Waals surface area contributed by atoms with Gasteiger partial charge in [-0.25, -0.2) is 0 Å². The number of phenols is 1. The summed E-state index contributed by atoms with van der Waals surface area (Å²) in [6.07, 6.45) is 0. The predicted molar refractivity (Wildman–Crippen MR) is 79.7 cm³/mol. The lowest BCUT2D eigenvalue weighted by atomic mass is 10.1. The SMILES string of the molecule is CC(=O)N1[C@@H](c2ccccc2O)SC[C@H]1C(=O)NCCO. The van der Waals surface area contributed by atoms with Gasteiger partial charge in [0.15, 0.2) is 0 Å². The predicted octanol–water partition coefficient (Wildman–Crippen LogP) is 0.463. The van der Waals surface area contributed by atoms with E-state index < -0.39 is 6.04 Å². The van der Waals surface area contributed by atoms with Crippen molar-refractivity contribution in [1.29, 1.82) is 0 Å². The van der Waals surface area contributed by atoms with Gasteiger partial charge in [-0.15, -0.1) is 11.8 Å². The van der Waals surface area contributed by atoms with Crippen molar-refractivity contribution in [3.63, 3.8) is 0 Å². The Kier molecular flexibility index (Phi) is 5.08. The number of rotatable bonds is 4. The number of aliphatic hydroxyl groups excluding tert-OH is 1. The highest BCUT2D eigenvalue weighted by molar-refractivity contribution is 7.99. The second-order valence-corrected chi connectivity index (χ2v) is 5.81. The largest absolute Gasteiger partial charge is 0.508 e. The van der Waals surface area contributed by atoms with Gasteiger partial charge in [-0.3, -0.25) is 9.59 Å². The molecule has 1 aromatic carbocycles. The maximum Gasteiger partial charge on any atom is 0.243 e. The van der Waals surface area contributed by atoms with Crippen molar-refractivity contribution in [1.82, 2.24) is 10.2 Å². The lowest BCUT2D eigenvalue weighted by Crippen LogP contribution is -2.47. The molecule has 2 amide bonds. The zero-order chi connectivity index (χ0) is 15.4. The van der Waals surface area contributed by atoms with E-state index in [0.29, 0.717) is 11.3 Å². The van der Waals surface area contributed by atoms with Gasteiger partial charge in [0.25, 0.3) is 0 Å². The molecule has 7 heteroatoms. The van der Waals surface area contributed by atoms with Gasteiger partial charge in [-0.2, -0.15) is 0 Å². The van der Waals surface area contributed by atoms with Crippen LogP contribution in [0.5, 0.6) is 5.75 Å². The summed E-state index contributed by atoms with van der Waals surface area (Å²) in [5.41, 5.74) is 0.621. The van der Waals surface area contributed by atoms with E-state index in [9.17, 15) is 14.7 Å². The summed E-state index contributed by atoms with van der Waals surface area (Å²) in [6, 6.07) is 6.21. The molecule has 2 rings (SSSR count). The van der Waals surface area contributed by atoms with Gasteiger partial charge in [-0.05, 0) is 6.07 Å². The third kappa shape index (κ3) is 3.30. The van der Waals surface area contributed by atoms with E-state index in [1.807, 2.05) is 0 Å². The van der Waals surface area contributed by atoms with Crippen LogP contribution in [0.2, 0.25) is 0 Å². The Balaban J connectivity index is 2.23. The van der Waals surface area contributed by atoms with Crippen molar-refractivity contribution in [3.05, 3.63) is 29.8 Å². The second-order valence-electron chi connectivity index (χ2n) is 4.70. The first-order valence-corrected chi connectivity index (χ1v) is 7.68. The number of hydrogen-bond donors (Lipinski definition) is 3. The number of phenolic OH excluding ortho intramolecular Hbond substituents is 1. The van der Waals surface area contributed by atoms with Crippen molar-refractivity contribution in [2.75, 3.05) is 18.9 Å². The van der Waals surface area contributed by atoms with Crippen molar-refractivity contribution in [2.24, 2.45) is 0 Å². The molecule has 21 heavy (non-hydrogen) atoms. The van der Waals surface area contributed by atoms with Crippen LogP contribution in [-0.2, 0) is 9.59 Å². The van der Waals surface area contributed by atoms with Crippen LogP contribution in [0.4, 0.5) is 0 Å². The van der Waals surface area contributed by atoms with Crippen LogP contribution in [0.1, 0.15) is 17.9 Å². The third-order valence-electron chi connectivity index (χ3n) is 3.28. The third-order valence-corrected chi connectivity index (χ3v) is 4.59. The maximum atomic E-state index is 12.1. The maximum absolute atomic E-state index is 12.1. The topological polar surface area (TPSA) is 89.9 Å². The standard InChI is InChI=1S/C14H18N2O4S/c1-9(18)16-11(13(20)15-6-7-17)8-21-14(16)10-4-2-3-5-12(10)19/h2-5,11,14,17,19H,6-8H2,1H3,(H,15,20)/t11-,14+/m0/s1. The van der Waals surface area contributed by atoms with Gasteiger partial charge in [0, 0.05) is 24.8 Å². The fraction of sp³-hybridized carbons (Fsp3) is 0.429. The lowest BCUT2D eigenvalue weighted by molar-refractivity contribution is -0.138. The number of aliphatic hydroxyl groups is 1. The number of carbonyl (C=O) groups is 2. The first-order valence-electron chi connectivity index (χ1n) is 6.63. The Morgan fingerprint density at radius 1 is 1.43 bits per heavy atom. The minimum Gasteiger partial charge on any atom is -0.508 e. The molecule has 2 atom stereocenters. The molecular formula is C14H18N2O4S. The second kappa shape index (κ2) is 6.82. The van der Waals surface area contributed by atoms with Gasteiger partial charge in [-0.1, -0.05) is 18.2 Å².